The van der Waals surface area contributed by atoms with Gasteiger partial charge in [0.25, 0.3) is 0 Å². The minimum absolute atomic E-state index is 0.0676. The normalized spacial score (nSPS) is 17.4. The molecule has 1 atom stereocenters. The van der Waals surface area contributed by atoms with Gasteiger partial charge in [0.05, 0.1) is 18.4 Å². The van der Waals surface area contributed by atoms with E-state index in [0.717, 1.165) is 0 Å². The third kappa shape index (κ3) is 2.87. The first-order valence-corrected chi connectivity index (χ1v) is 6.03. The first-order chi connectivity index (χ1) is 9.51. The SMILES string of the molecule is COc1ccc(NC(=O)C2CCC(=O)N2)c(C(=O)O)c1. The van der Waals surface area contributed by atoms with Gasteiger partial charge >= 0.3 is 5.97 Å². The molecule has 0 radical (unpaired) electrons. The number of hydrogen-bond donors (Lipinski definition) is 3. The van der Waals surface area contributed by atoms with Crippen LogP contribution in [-0.2, 0) is 9.59 Å². The molecule has 1 aliphatic heterocycles. The number of carbonyl (C=O) groups is 3. The lowest BCUT2D eigenvalue weighted by molar-refractivity contribution is -0.122. The number of rotatable bonds is 4. The van der Waals surface area contributed by atoms with Crippen molar-refractivity contribution in [2.45, 2.75) is 18.9 Å². The number of nitrogens with one attached hydrogen (secondary N) is 2. The molecule has 1 fully saturated rings. The number of carbonyl (C=O) groups excluding carboxylic acids is 2. The van der Waals surface area contributed by atoms with Crippen LogP contribution in [0.3, 0.4) is 0 Å². The fourth-order valence-electron chi connectivity index (χ4n) is 1.97. The summed E-state index contributed by atoms with van der Waals surface area (Å²) in [6.07, 6.45) is 0.704. The maximum absolute atomic E-state index is 11.9. The Kier molecular flexibility index (Phi) is 3.88. The van der Waals surface area contributed by atoms with Gasteiger partial charge in [-0.25, -0.2) is 4.79 Å². The summed E-state index contributed by atoms with van der Waals surface area (Å²) in [6.45, 7) is 0. The molecule has 0 aromatic heterocycles. The van der Waals surface area contributed by atoms with Gasteiger partial charge in [-0.15, -0.1) is 0 Å². The minimum Gasteiger partial charge on any atom is -0.497 e. The van der Waals surface area contributed by atoms with Crippen molar-refractivity contribution >= 4 is 23.5 Å². The highest BCUT2D eigenvalue weighted by molar-refractivity contribution is 6.04. The lowest BCUT2D eigenvalue weighted by Gasteiger charge is -2.13. The van der Waals surface area contributed by atoms with Gasteiger partial charge in [0, 0.05) is 6.42 Å². The molecule has 2 rings (SSSR count). The molecule has 2 amide bonds. The highest BCUT2D eigenvalue weighted by Gasteiger charge is 2.28. The van der Waals surface area contributed by atoms with Crippen LogP contribution in [0.2, 0.25) is 0 Å². The average molecular weight is 278 g/mol. The second kappa shape index (κ2) is 5.60. The zero-order valence-corrected chi connectivity index (χ0v) is 10.8. The van der Waals surface area contributed by atoms with E-state index in [1.54, 1.807) is 6.07 Å². The van der Waals surface area contributed by atoms with E-state index >= 15 is 0 Å². The lowest BCUT2D eigenvalue weighted by Crippen LogP contribution is -2.37. The van der Waals surface area contributed by atoms with Gasteiger partial charge in [0.15, 0.2) is 0 Å². The van der Waals surface area contributed by atoms with Gasteiger partial charge in [-0.1, -0.05) is 0 Å². The van der Waals surface area contributed by atoms with Crippen LogP contribution in [0.5, 0.6) is 5.75 Å². The largest absolute Gasteiger partial charge is 0.497 e. The van der Waals surface area contributed by atoms with Crippen molar-refractivity contribution in [3.05, 3.63) is 23.8 Å². The van der Waals surface area contributed by atoms with Gasteiger partial charge in [-0.3, -0.25) is 9.59 Å². The summed E-state index contributed by atoms with van der Waals surface area (Å²) >= 11 is 0. The van der Waals surface area contributed by atoms with Crippen molar-refractivity contribution in [3.8, 4) is 5.75 Å². The molecule has 1 aliphatic rings. The van der Waals surface area contributed by atoms with E-state index in [-0.39, 0.29) is 17.2 Å². The highest BCUT2D eigenvalue weighted by Crippen LogP contribution is 2.22. The van der Waals surface area contributed by atoms with E-state index in [1.807, 2.05) is 0 Å². The Balaban J connectivity index is 2.18. The molecule has 20 heavy (non-hydrogen) atoms. The molecule has 1 unspecified atom stereocenters. The van der Waals surface area contributed by atoms with E-state index in [4.69, 9.17) is 9.84 Å². The molecular formula is C13H14N2O5. The summed E-state index contributed by atoms with van der Waals surface area (Å²) in [5.74, 6) is -1.40. The van der Waals surface area contributed by atoms with Crippen molar-refractivity contribution < 1.29 is 24.2 Å². The number of aromatic carboxylic acids is 1. The molecule has 1 saturated heterocycles. The number of hydrogen-bond acceptors (Lipinski definition) is 4. The maximum atomic E-state index is 11.9. The standard InChI is InChI=1S/C13H14N2O5/c1-20-7-2-3-9(8(6-7)13(18)19)15-12(17)10-4-5-11(16)14-10/h2-3,6,10H,4-5H2,1H3,(H,14,16)(H,15,17)(H,18,19). The maximum Gasteiger partial charge on any atom is 0.337 e. The molecule has 0 aliphatic carbocycles. The third-order valence-corrected chi connectivity index (χ3v) is 3.03. The van der Waals surface area contributed by atoms with Crippen LogP contribution in [0.1, 0.15) is 23.2 Å². The number of methoxy groups -OCH3 is 1. The molecule has 106 valence electrons. The van der Waals surface area contributed by atoms with Crippen LogP contribution < -0.4 is 15.4 Å². The van der Waals surface area contributed by atoms with Crippen LogP contribution in [0.15, 0.2) is 18.2 Å². The van der Waals surface area contributed by atoms with Crippen molar-refractivity contribution in [1.82, 2.24) is 5.32 Å². The summed E-state index contributed by atoms with van der Waals surface area (Å²) in [7, 11) is 1.42. The van der Waals surface area contributed by atoms with Crippen molar-refractivity contribution in [2.24, 2.45) is 0 Å². The molecular weight excluding hydrogens is 264 g/mol. The first-order valence-electron chi connectivity index (χ1n) is 6.03. The van der Waals surface area contributed by atoms with E-state index in [9.17, 15) is 14.4 Å². The number of ether oxygens (including phenoxy) is 1. The molecule has 7 heteroatoms. The molecule has 3 N–H and O–H groups in total. The molecule has 1 aromatic rings. The molecule has 0 bridgehead atoms. The van der Waals surface area contributed by atoms with Gasteiger partial charge in [0.2, 0.25) is 11.8 Å². The van der Waals surface area contributed by atoms with Gasteiger partial charge in [0.1, 0.15) is 11.8 Å². The molecule has 1 aromatic carbocycles. The summed E-state index contributed by atoms with van der Waals surface area (Å²) in [5, 5.41) is 14.2. The lowest BCUT2D eigenvalue weighted by atomic mass is 10.1. The Labute approximate surface area is 114 Å². The Bertz CT molecular complexity index is 570. The second-order valence-electron chi connectivity index (χ2n) is 4.36. The van der Waals surface area contributed by atoms with Gasteiger partial charge in [-0.2, -0.15) is 0 Å². The predicted molar refractivity (Wildman–Crippen MR) is 69.7 cm³/mol. The molecule has 1 heterocycles. The van der Waals surface area contributed by atoms with E-state index in [0.29, 0.717) is 18.6 Å². The quantitative estimate of drug-likeness (QED) is 0.748. The Morgan fingerprint density at radius 2 is 2.20 bits per heavy atom. The summed E-state index contributed by atoms with van der Waals surface area (Å²) in [4.78, 5) is 34.2. The first kappa shape index (κ1) is 13.9. The Morgan fingerprint density at radius 1 is 1.45 bits per heavy atom. The number of amides is 2. The van der Waals surface area contributed by atoms with Crippen molar-refractivity contribution in [1.29, 1.82) is 0 Å². The number of carboxylic acids is 1. The van der Waals surface area contributed by atoms with E-state index in [2.05, 4.69) is 10.6 Å². The molecule has 0 saturated carbocycles. The third-order valence-electron chi connectivity index (χ3n) is 3.03. The van der Waals surface area contributed by atoms with E-state index < -0.39 is 17.9 Å². The fraction of sp³-hybridized carbons (Fsp3) is 0.308. The van der Waals surface area contributed by atoms with Crippen LogP contribution >= 0.6 is 0 Å². The second-order valence-corrected chi connectivity index (χ2v) is 4.36. The molecule has 7 nitrogen and oxygen atoms in total. The zero-order valence-electron chi connectivity index (χ0n) is 10.8. The summed E-state index contributed by atoms with van der Waals surface area (Å²) < 4.78 is 4.95. The predicted octanol–water partition coefficient (Wildman–Crippen LogP) is 0.610. The number of anilines is 1. The summed E-state index contributed by atoms with van der Waals surface area (Å²) in [6, 6.07) is 3.71. The Morgan fingerprint density at radius 3 is 2.75 bits per heavy atom. The highest BCUT2D eigenvalue weighted by atomic mass is 16.5. The fourth-order valence-corrected chi connectivity index (χ4v) is 1.97. The average Bonchev–Trinajstić information content (AvgIpc) is 2.85. The zero-order chi connectivity index (χ0) is 14.7. The minimum atomic E-state index is -1.17. The smallest absolute Gasteiger partial charge is 0.337 e. The van der Waals surface area contributed by atoms with Crippen LogP contribution in [-0.4, -0.2) is 36.0 Å². The van der Waals surface area contributed by atoms with Crippen molar-refractivity contribution in [2.75, 3.05) is 12.4 Å². The Hall–Kier alpha value is -2.57. The number of benzene rings is 1. The van der Waals surface area contributed by atoms with Crippen LogP contribution in [0, 0.1) is 0 Å². The topological polar surface area (TPSA) is 105 Å². The number of carboxylic acid groups (broad SMARTS) is 1. The van der Waals surface area contributed by atoms with Crippen LogP contribution in [0.25, 0.3) is 0 Å². The van der Waals surface area contributed by atoms with Gasteiger partial charge in [-0.05, 0) is 24.6 Å². The van der Waals surface area contributed by atoms with E-state index in [1.165, 1.54) is 19.2 Å². The van der Waals surface area contributed by atoms with Crippen LogP contribution in [0.4, 0.5) is 5.69 Å². The summed E-state index contributed by atoms with van der Waals surface area (Å²) in [5.41, 5.74) is 0.103. The van der Waals surface area contributed by atoms with Gasteiger partial charge < -0.3 is 20.5 Å². The van der Waals surface area contributed by atoms with Crippen molar-refractivity contribution in [3.63, 3.8) is 0 Å². The molecule has 0 spiro atoms. The monoisotopic (exact) mass is 278 g/mol.